The number of hydrogen-bond acceptors (Lipinski definition) is 4. The van der Waals surface area contributed by atoms with Crippen LogP contribution in [0.15, 0.2) is 54.6 Å². The number of benzene rings is 2. The van der Waals surface area contributed by atoms with Gasteiger partial charge in [-0.3, -0.25) is 14.9 Å². The van der Waals surface area contributed by atoms with Crippen molar-refractivity contribution >= 4 is 29.1 Å². The maximum atomic E-state index is 12.5. The van der Waals surface area contributed by atoms with Crippen molar-refractivity contribution < 1.29 is 14.3 Å². The van der Waals surface area contributed by atoms with Crippen molar-refractivity contribution in [2.45, 2.75) is 13.0 Å². The summed E-state index contributed by atoms with van der Waals surface area (Å²) in [4.78, 5) is 25.4. The number of primary amides is 1. The van der Waals surface area contributed by atoms with Gasteiger partial charge in [0, 0.05) is 19.5 Å². The second-order valence-corrected chi connectivity index (χ2v) is 5.97. The normalized spacial score (nSPS) is 10.0. The summed E-state index contributed by atoms with van der Waals surface area (Å²) in [5, 5.41) is 2.93. The number of para-hydroxylation sites is 1. The fourth-order valence-corrected chi connectivity index (χ4v) is 2.63. The van der Waals surface area contributed by atoms with E-state index < -0.39 is 5.91 Å². The van der Waals surface area contributed by atoms with Crippen LogP contribution in [0.3, 0.4) is 0 Å². The Labute approximate surface area is 157 Å². The summed E-state index contributed by atoms with van der Waals surface area (Å²) in [5.41, 5.74) is 6.64. The molecule has 0 bridgehead atoms. The molecule has 3 N–H and O–H groups in total. The Morgan fingerprint density at radius 1 is 1.12 bits per heavy atom. The molecule has 0 aromatic heterocycles. The standard InChI is InChI=1S/C19H21N3O3S/c1-25-16-10-6-5-9-15(16)18(24)21-19(26)22(12-11-17(20)23)13-14-7-3-2-4-8-14/h2-10H,11-13H2,1H3,(H2,20,23)(H,21,24,26). The molecule has 0 unspecified atom stereocenters. The van der Waals surface area contributed by atoms with E-state index in [0.717, 1.165) is 5.56 Å². The van der Waals surface area contributed by atoms with Crippen molar-refractivity contribution in [1.82, 2.24) is 10.2 Å². The topological polar surface area (TPSA) is 84.7 Å². The third-order valence-electron chi connectivity index (χ3n) is 3.70. The van der Waals surface area contributed by atoms with E-state index in [-0.39, 0.29) is 17.4 Å². The summed E-state index contributed by atoms with van der Waals surface area (Å²) >= 11 is 5.38. The minimum atomic E-state index is -0.429. The maximum absolute atomic E-state index is 12.5. The van der Waals surface area contributed by atoms with Crippen LogP contribution in [0.1, 0.15) is 22.3 Å². The van der Waals surface area contributed by atoms with Gasteiger partial charge in [0.25, 0.3) is 5.91 Å². The van der Waals surface area contributed by atoms with Crippen LogP contribution in [0.2, 0.25) is 0 Å². The smallest absolute Gasteiger partial charge is 0.261 e. The number of amides is 2. The number of hydrogen-bond donors (Lipinski definition) is 2. The molecular weight excluding hydrogens is 350 g/mol. The summed E-state index contributed by atoms with van der Waals surface area (Å²) in [6, 6.07) is 16.5. The average molecular weight is 371 g/mol. The van der Waals surface area contributed by atoms with E-state index in [1.165, 1.54) is 7.11 Å². The first kappa shape index (κ1) is 19.4. The number of rotatable bonds is 7. The van der Waals surface area contributed by atoms with Crippen molar-refractivity contribution in [3.63, 3.8) is 0 Å². The van der Waals surface area contributed by atoms with Gasteiger partial charge in [-0.15, -0.1) is 0 Å². The Kier molecular flexibility index (Phi) is 7.11. The van der Waals surface area contributed by atoms with E-state index in [4.69, 9.17) is 22.7 Å². The largest absolute Gasteiger partial charge is 0.496 e. The van der Waals surface area contributed by atoms with Crippen molar-refractivity contribution in [3.8, 4) is 5.75 Å². The molecule has 0 fully saturated rings. The van der Waals surface area contributed by atoms with Crippen LogP contribution in [-0.4, -0.2) is 35.5 Å². The van der Waals surface area contributed by atoms with Gasteiger partial charge in [-0.1, -0.05) is 42.5 Å². The number of carbonyl (C=O) groups is 2. The van der Waals surface area contributed by atoms with Crippen LogP contribution < -0.4 is 15.8 Å². The number of nitrogens with zero attached hydrogens (tertiary/aromatic N) is 1. The molecule has 2 aromatic rings. The maximum Gasteiger partial charge on any atom is 0.261 e. The molecule has 7 heteroatoms. The number of methoxy groups -OCH3 is 1. The van der Waals surface area contributed by atoms with Gasteiger partial charge in [0.2, 0.25) is 5.91 Å². The molecule has 2 rings (SSSR count). The molecule has 0 saturated heterocycles. The highest BCUT2D eigenvalue weighted by molar-refractivity contribution is 7.80. The Bertz CT molecular complexity index is 781. The molecule has 6 nitrogen and oxygen atoms in total. The van der Waals surface area contributed by atoms with Gasteiger partial charge in [-0.2, -0.15) is 0 Å². The number of nitrogens with one attached hydrogen (secondary N) is 1. The minimum Gasteiger partial charge on any atom is -0.496 e. The molecule has 26 heavy (non-hydrogen) atoms. The molecule has 0 aliphatic rings. The summed E-state index contributed by atoms with van der Waals surface area (Å²) in [6.07, 6.45) is 0.136. The highest BCUT2D eigenvalue weighted by atomic mass is 32.1. The number of nitrogens with two attached hydrogens (primary N) is 1. The van der Waals surface area contributed by atoms with E-state index >= 15 is 0 Å². The zero-order chi connectivity index (χ0) is 18.9. The lowest BCUT2D eigenvalue weighted by molar-refractivity contribution is -0.118. The van der Waals surface area contributed by atoms with E-state index in [9.17, 15) is 9.59 Å². The Morgan fingerprint density at radius 3 is 2.42 bits per heavy atom. The molecule has 0 aliphatic carbocycles. The Morgan fingerprint density at radius 2 is 1.77 bits per heavy atom. The fourth-order valence-electron chi connectivity index (χ4n) is 2.38. The zero-order valence-electron chi connectivity index (χ0n) is 14.5. The highest BCUT2D eigenvalue weighted by Crippen LogP contribution is 2.17. The molecule has 2 aromatic carbocycles. The highest BCUT2D eigenvalue weighted by Gasteiger charge is 2.17. The second-order valence-electron chi connectivity index (χ2n) is 5.58. The van der Waals surface area contributed by atoms with Crippen LogP contribution in [-0.2, 0) is 11.3 Å². The summed E-state index contributed by atoms with van der Waals surface area (Å²) in [7, 11) is 1.50. The van der Waals surface area contributed by atoms with Crippen LogP contribution in [0, 0.1) is 0 Å². The van der Waals surface area contributed by atoms with Crippen LogP contribution in [0.5, 0.6) is 5.75 Å². The van der Waals surface area contributed by atoms with Gasteiger partial charge >= 0.3 is 0 Å². The van der Waals surface area contributed by atoms with Crippen molar-refractivity contribution in [1.29, 1.82) is 0 Å². The first-order chi connectivity index (χ1) is 12.5. The van der Waals surface area contributed by atoms with E-state index in [2.05, 4.69) is 5.32 Å². The average Bonchev–Trinajstić information content (AvgIpc) is 2.65. The van der Waals surface area contributed by atoms with Crippen LogP contribution in [0.4, 0.5) is 0 Å². The monoisotopic (exact) mass is 371 g/mol. The predicted octanol–water partition coefficient (Wildman–Crippen LogP) is 2.09. The van der Waals surface area contributed by atoms with Crippen molar-refractivity contribution in [2.24, 2.45) is 5.73 Å². The quantitative estimate of drug-likeness (QED) is 0.728. The minimum absolute atomic E-state index is 0.136. The number of ether oxygens (including phenoxy) is 1. The first-order valence-corrected chi connectivity index (χ1v) is 8.47. The van der Waals surface area contributed by atoms with Gasteiger partial charge in [-0.05, 0) is 29.9 Å². The van der Waals surface area contributed by atoms with Crippen LogP contribution >= 0.6 is 12.2 Å². The summed E-state index contributed by atoms with van der Waals surface area (Å²) < 4.78 is 5.20. The Hall–Kier alpha value is -2.93. The lowest BCUT2D eigenvalue weighted by Crippen LogP contribution is -2.43. The summed E-state index contributed by atoms with van der Waals surface area (Å²) in [6.45, 7) is 0.772. The SMILES string of the molecule is COc1ccccc1C(=O)NC(=S)N(CCC(N)=O)Cc1ccccc1. The van der Waals surface area contributed by atoms with Gasteiger partial charge in [-0.25, -0.2) is 0 Å². The molecule has 0 spiro atoms. The Balaban J connectivity index is 2.11. The van der Waals surface area contributed by atoms with Gasteiger partial charge in [0.05, 0.1) is 12.7 Å². The molecule has 0 aliphatic heterocycles. The van der Waals surface area contributed by atoms with E-state index in [0.29, 0.717) is 24.4 Å². The third-order valence-corrected chi connectivity index (χ3v) is 4.06. The van der Waals surface area contributed by atoms with E-state index in [1.807, 2.05) is 30.3 Å². The van der Waals surface area contributed by atoms with Gasteiger partial charge in [0.1, 0.15) is 5.75 Å². The lowest BCUT2D eigenvalue weighted by Gasteiger charge is -2.25. The second kappa shape index (κ2) is 9.53. The molecule has 0 heterocycles. The molecule has 0 saturated carbocycles. The van der Waals surface area contributed by atoms with Crippen molar-refractivity contribution in [2.75, 3.05) is 13.7 Å². The zero-order valence-corrected chi connectivity index (χ0v) is 15.3. The molecule has 0 radical (unpaired) electrons. The molecule has 0 atom stereocenters. The lowest BCUT2D eigenvalue weighted by atomic mass is 10.2. The molecule has 136 valence electrons. The first-order valence-electron chi connectivity index (χ1n) is 8.06. The predicted molar refractivity (Wildman–Crippen MR) is 104 cm³/mol. The fraction of sp³-hybridized carbons (Fsp3) is 0.211. The number of thiocarbonyl (C=S) groups is 1. The van der Waals surface area contributed by atoms with Crippen molar-refractivity contribution in [3.05, 3.63) is 65.7 Å². The summed E-state index contributed by atoms with van der Waals surface area (Å²) in [5.74, 6) is -0.342. The number of carbonyl (C=O) groups excluding carboxylic acids is 2. The van der Waals surface area contributed by atoms with Gasteiger partial charge in [0.15, 0.2) is 5.11 Å². The molecular formula is C19H21N3O3S. The van der Waals surface area contributed by atoms with E-state index in [1.54, 1.807) is 29.2 Å². The van der Waals surface area contributed by atoms with Gasteiger partial charge < -0.3 is 15.4 Å². The third kappa shape index (κ3) is 5.56. The van der Waals surface area contributed by atoms with Crippen LogP contribution in [0.25, 0.3) is 0 Å². The molecule has 2 amide bonds.